The molecule has 2 aromatic carbocycles. The van der Waals surface area contributed by atoms with Crippen molar-refractivity contribution in [2.45, 2.75) is 6.54 Å². The van der Waals surface area contributed by atoms with Crippen LogP contribution in [0.3, 0.4) is 0 Å². The molecule has 0 fully saturated rings. The van der Waals surface area contributed by atoms with E-state index < -0.39 is 0 Å². The van der Waals surface area contributed by atoms with E-state index in [9.17, 15) is 0 Å². The van der Waals surface area contributed by atoms with Crippen LogP contribution in [0.4, 0.5) is 0 Å². The standard InChI is InChI=1S/C17H16ClN/c18-12-6-11-16-9-4-5-10-17(16)14-19-13-15-7-2-1-3-8-15/h1-11,14H,12-13H2/b11-6+,19-14?. The third-order valence-electron chi connectivity index (χ3n) is 2.73. The van der Waals surface area contributed by atoms with Crippen molar-refractivity contribution in [1.82, 2.24) is 0 Å². The average Bonchev–Trinajstić information content (AvgIpc) is 2.47. The first-order chi connectivity index (χ1) is 9.40. The smallest absolute Gasteiger partial charge is 0.0639 e. The summed E-state index contributed by atoms with van der Waals surface area (Å²) in [5.41, 5.74) is 3.47. The van der Waals surface area contributed by atoms with E-state index >= 15 is 0 Å². The lowest BCUT2D eigenvalue weighted by Gasteiger charge is -2.00. The molecular formula is C17H16ClN. The van der Waals surface area contributed by atoms with Crippen LogP contribution in [0.5, 0.6) is 0 Å². The molecule has 2 heteroatoms. The number of rotatable bonds is 5. The van der Waals surface area contributed by atoms with Gasteiger partial charge in [0, 0.05) is 12.1 Å². The number of alkyl halides is 1. The van der Waals surface area contributed by atoms with Crippen molar-refractivity contribution in [1.29, 1.82) is 0 Å². The number of allylic oxidation sites excluding steroid dienone is 1. The van der Waals surface area contributed by atoms with Crippen molar-refractivity contribution in [3.05, 3.63) is 77.4 Å². The zero-order chi connectivity index (χ0) is 13.3. The number of hydrogen-bond donors (Lipinski definition) is 0. The van der Waals surface area contributed by atoms with Crippen LogP contribution >= 0.6 is 11.6 Å². The maximum absolute atomic E-state index is 5.67. The van der Waals surface area contributed by atoms with Gasteiger partial charge in [0.2, 0.25) is 0 Å². The number of nitrogens with zero attached hydrogens (tertiary/aromatic N) is 1. The van der Waals surface area contributed by atoms with Gasteiger partial charge in [0.05, 0.1) is 6.54 Å². The summed E-state index contributed by atoms with van der Waals surface area (Å²) in [6, 6.07) is 18.4. The highest BCUT2D eigenvalue weighted by molar-refractivity contribution is 6.19. The molecule has 0 atom stereocenters. The second-order valence-corrected chi connectivity index (χ2v) is 4.45. The fraction of sp³-hybridized carbons (Fsp3) is 0.118. The van der Waals surface area contributed by atoms with Crippen molar-refractivity contribution in [2.75, 3.05) is 5.88 Å². The number of hydrogen-bond acceptors (Lipinski definition) is 1. The summed E-state index contributed by atoms with van der Waals surface area (Å²) in [7, 11) is 0. The molecule has 2 aromatic rings. The van der Waals surface area contributed by atoms with Gasteiger partial charge in [-0.2, -0.15) is 0 Å². The van der Waals surface area contributed by atoms with Crippen LogP contribution in [0, 0.1) is 0 Å². The van der Waals surface area contributed by atoms with Gasteiger partial charge in [-0.25, -0.2) is 0 Å². The molecule has 0 bridgehead atoms. The molecule has 0 amide bonds. The quantitative estimate of drug-likeness (QED) is 0.557. The Balaban J connectivity index is 2.08. The van der Waals surface area contributed by atoms with Crippen molar-refractivity contribution >= 4 is 23.9 Å². The Morgan fingerprint density at radius 1 is 0.895 bits per heavy atom. The summed E-state index contributed by atoms with van der Waals surface area (Å²) in [5.74, 6) is 0.523. The van der Waals surface area contributed by atoms with E-state index in [2.05, 4.69) is 29.3 Å². The van der Waals surface area contributed by atoms with Gasteiger partial charge >= 0.3 is 0 Å². The van der Waals surface area contributed by atoms with E-state index in [0.29, 0.717) is 12.4 Å². The van der Waals surface area contributed by atoms with E-state index in [4.69, 9.17) is 11.6 Å². The van der Waals surface area contributed by atoms with E-state index in [-0.39, 0.29) is 0 Å². The summed E-state index contributed by atoms with van der Waals surface area (Å²) in [4.78, 5) is 4.49. The largest absolute Gasteiger partial charge is 0.288 e. The average molecular weight is 270 g/mol. The minimum atomic E-state index is 0.523. The molecular weight excluding hydrogens is 254 g/mol. The zero-order valence-corrected chi connectivity index (χ0v) is 11.4. The number of aliphatic imine (C=N–C) groups is 1. The lowest BCUT2D eigenvalue weighted by molar-refractivity contribution is 1.08. The SMILES string of the molecule is ClC/C=C/c1ccccc1C=NCc1ccccc1. The highest BCUT2D eigenvalue weighted by Gasteiger charge is 1.94. The van der Waals surface area contributed by atoms with Gasteiger partial charge in [-0.15, -0.1) is 11.6 Å². The van der Waals surface area contributed by atoms with Gasteiger partial charge < -0.3 is 0 Å². The van der Waals surface area contributed by atoms with E-state index in [1.807, 2.05) is 48.7 Å². The van der Waals surface area contributed by atoms with E-state index in [1.54, 1.807) is 0 Å². The Morgan fingerprint density at radius 3 is 2.32 bits per heavy atom. The predicted octanol–water partition coefficient (Wildman–Crippen LogP) is 4.56. The first-order valence-electron chi connectivity index (χ1n) is 6.25. The maximum atomic E-state index is 5.67. The van der Waals surface area contributed by atoms with E-state index in [1.165, 1.54) is 5.56 Å². The van der Waals surface area contributed by atoms with Gasteiger partial charge in [0.15, 0.2) is 0 Å². The second kappa shape index (κ2) is 7.55. The highest BCUT2D eigenvalue weighted by Crippen LogP contribution is 2.09. The molecule has 0 aliphatic heterocycles. The first kappa shape index (κ1) is 13.6. The van der Waals surface area contributed by atoms with Crippen LogP contribution in [0.1, 0.15) is 16.7 Å². The molecule has 0 spiro atoms. The lowest BCUT2D eigenvalue weighted by Crippen LogP contribution is -1.88. The Hall–Kier alpha value is -1.86. The minimum absolute atomic E-state index is 0.523. The van der Waals surface area contributed by atoms with Crippen molar-refractivity contribution in [2.24, 2.45) is 4.99 Å². The second-order valence-electron chi connectivity index (χ2n) is 4.14. The molecule has 1 nitrogen and oxygen atoms in total. The topological polar surface area (TPSA) is 12.4 Å². The molecule has 0 aliphatic rings. The van der Waals surface area contributed by atoms with Crippen LogP contribution in [-0.4, -0.2) is 12.1 Å². The Morgan fingerprint density at radius 2 is 1.58 bits per heavy atom. The fourth-order valence-corrected chi connectivity index (χ4v) is 1.87. The molecule has 0 aliphatic carbocycles. The van der Waals surface area contributed by atoms with Gasteiger partial charge in [-0.3, -0.25) is 4.99 Å². The van der Waals surface area contributed by atoms with Crippen LogP contribution in [0.15, 0.2) is 65.7 Å². The summed E-state index contributed by atoms with van der Waals surface area (Å²) in [6.45, 7) is 0.703. The normalized spacial score (nSPS) is 11.4. The Kier molecular flexibility index (Phi) is 5.39. The molecule has 0 radical (unpaired) electrons. The third kappa shape index (κ3) is 4.38. The number of benzene rings is 2. The molecule has 0 saturated heterocycles. The van der Waals surface area contributed by atoms with Gasteiger partial charge in [-0.1, -0.05) is 66.7 Å². The molecule has 0 aromatic heterocycles. The monoisotopic (exact) mass is 269 g/mol. The minimum Gasteiger partial charge on any atom is -0.288 e. The number of halogens is 1. The zero-order valence-electron chi connectivity index (χ0n) is 10.7. The third-order valence-corrected chi connectivity index (χ3v) is 2.91. The van der Waals surface area contributed by atoms with Crippen LogP contribution in [-0.2, 0) is 6.54 Å². The Labute approximate surface area is 119 Å². The Bertz CT molecular complexity index is 558. The summed E-state index contributed by atoms with van der Waals surface area (Å²) in [6.07, 6.45) is 5.88. The van der Waals surface area contributed by atoms with Crippen molar-refractivity contribution in [3.63, 3.8) is 0 Å². The summed E-state index contributed by atoms with van der Waals surface area (Å²) >= 11 is 5.67. The summed E-state index contributed by atoms with van der Waals surface area (Å²) in [5, 5.41) is 0. The lowest BCUT2D eigenvalue weighted by atomic mass is 10.1. The van der Waals surface area contributed by atoms with Crippen LogP contribution in [0.2, 0.25) is 0 Å². The highest BCUT2D eigenvalue weighted by atomic mass is 35.5. The molecule has 2 rings (SSSR count). The molecule has 0 heterocycles. The predicted molar refractivity (Wildman–Crippen MR) is 83.9 cm³/mol. The van der Waals surface area contributed by atoms with Gasteiger partial charge in [-0.05, 0) is 16.7 Å². The van der Waals surface area contributed by atoms with Gasteiger partial charge in [0.1, 0.15) is 0 Å². The maximum Gasteiger partial charge on any atom is 0.0639 e. The fourth-order valence-electron chi connectivity index (χ4n) is 1.78. The molecule has 0 saturated carbocycles. The van der Waals surface area contributed by atoms with E-state index in [0.717, 1.165) is 11.1 Å². The first-order valence-corrected chi connectivity index (χ1v) is 6.79. The van der Waals surface area contributed by atoms with Crippen LogP contribution in [0.25, 0.3) is 6.08 Å². The molecule has 0 N–H and O–H groups in total. The molecule has 96 valence electrons. The van der Waals surface area contributed by atoms with Crippen molar-refractivity contribution < 1.29 is 0 Å². The van der Waals surface area contributed by atoms with Crippen LogP contribution < -0.4 is 0 Å². The van der Waals surface area contributed by atoms with Crippen molar-refractivity contribution in [3.8, 4) is 0 Å². The molecule has 0 unspecified atom stereocenters. The van der Waals surface area contributed by atoms with Gasteiger partial charge in [0.25, 0.3) is 0 Å². The molecule has 19 heavy (non-hydrogen) atoms. The summed E-state index contributed by atoms with van der Waals surface area (Å²) < 4.78 is 0.